The first-order chi connectivity index (χ1) is 11.5. The van der Waals surface area contributed by atoms with Crippen molar-refractivity contribution in [2.75, 3.05) is 12.4 Å². The number of anilines is 1. The maximum Gasteiger partial charge on any atom is 0.329 e. The molecule has 0 saturated heterocycles. The van der Waals surface area contributed by atoms with Gasteiger partial charge in [-0.05, 0) is 48.0 Å². The summed E-state index contributed by atoms with van der Waals surface area (Å²) in [5, 5.41) is 6.37. The summed E-state index contributed by atoms with van der Waals surface area (Å²) in [7, 11) is 1.49. The molecule has 0 spiro atoms. The fourth-order valence-electron chi connectivity index (χ4n) is 1.70. The highest BCUT2D eigenvalue weighted by Gasteiger charge is 2.12. The average Bonchev–Trinajstić information content (AvgIpc) is 2.57. The average molecular weight is 350 g/mol. The number of carbonyl (C=O) groups excluding carboxylic acids is 2. The summed E-state index contributed by atoms with van der Waals surface area (Å²) in [5.41, 5.74) is 2.99. The quantitative estimate of drug-likeness (QED) is 0.506. The Kier molecular flexibility index (Phi) is 5.86. The number of ether oxygens (including phenoxy) is 1. The van der Waals surface area contributed by atoms with Crippen molar-refractivity contribution in [3.05, 3.63) is 58.9 Å². The summed E-state index contributed by atoms with van der Waals surface area (Å²) in [5.74, 6) is -1.82. The molecule has 0 radical (unpaired) electrons. The summed E-state index contributed by atoms with van der Waals surface area (Å²) >= 11 is 5.96. The minimum absolute atomic E-state index is 0.294. The van der Waals surface area contributed by atoms with E-state index in [0.717, 1.165) is 0 Å². The molecule has 0 saturated carbocycles. The summed E-state index contributed by atoms with van der Waals surface area (Å²) in [4.78, 5) is 23.3. The minimum Gasteiger partial charge on any atom is -0.495 e. The lowest BCUT2D eigenvalue weighted by Gasteiger charge is -2.04. The normalized spacial score (nSPS) is 10.5. The third-order valence-corrected chi connectivity index (χ3v) is 3.16. The third-order valence-electron chi connectivity index (χ3n) is 2.86. The highest BCUT2D eigenvalue weighted by Crippen LogP contribution is 2.24. The fraction of sp³-hybridized carbons (Fsp3) is 0.0625. The van der Waals surface area contributed by atoms with Gasteiger partial charge in [0.25, 0.3) is 0 Å². The standard InChI is InChI=1S/C16H13ClFN3O3/c1-24-14-7-2-10(8-13(14)17)9-19-21-16(23)15(22)20-12-5-3-11(18)4-6-12/h2-9H,1H3,(H,20,22)(H,21,23)/b19-9-. The van der Waals surface area contributed by atoms with Crippen molar-refractivity contribution in [2.45, 2.75) is 0 Å². The molecule has 0 aliphatic heterocycles. The molecule has 6 nitrogen and oxygen atoms in total. The second kappa shape index (κ2) is 8.07. The number of hydrazone groups is 1. The number of rotatable bonds is 4. The van der Waals surface area contributed by atoms with E-state index in [2.05, 4.69) is 15.8 Å². The molecule has 0 bridgehead atoms. The van der Waals surface area contributed by atoms with Gasteiger partial charge in [0.1, 0.15) is 11.6 Å². The molecule has 0 fully saturated rings. The molecule has 0 aromatic heterocycles. The summed E-state index contributed by atoms with van der Waals surface area (Å²) < 4.78 is 17.8. The Balaban J connectivity index is 1.90. The molecule has 2 aromatic rings. The molecular weight excluding hydrogens is 337 g/mol. The zero-order valence-corrected chi connectivity index (χ0v) is 13.3. The van der Waals surface area contributed by atoms with Crippen molar-refractivity contribution in [1.82, 2.24) is 5.43 Å². The molecular formula is C16H13ClFN3O3. The number of hydrogen-bond donors (Lipinski definition) is 2. The molecule has 2 aromatic carbocycles. The molecule has 0 heterocycles. The SMILES string of the molecule is COc1ccc(/C=N\NC(=O)C(=O)Nc2ccc(F)cc2)cc1Cl. The lowest BCUT2D eigenvalue weighted by molar-refractivity contribution is -0.136. The lowest BCUT2D eigenvalue weighted by atomic mass is 10.2. The summed E-state index contributed by atoms with van der Waals surface area (Å²) in [6.45, 7) is 0. The molecule has 24 heavy (non-hydrogen) atoms. The van der Waals surface area contributed by atoms with Crippen LogP contribution in [0, 0.1) is 5.82 Å². The van der Waals surface area contributed by atoms with Gasteiger partial charge in [0, 0.05) is 5.69 Å². The highest BCUT2D eigenvalue weighted by molar-refractivity contribution is 6.39. The van der Waals surface area contributed by atoms with E-state index in [-0.39, 0.29) is 0 Å². The van der Waals surface area contributed by atoms with Crippen LogP contribution < -0.4 is 15.5 Å². The van der Waals surface area contributed by atoms with Gasteiger partial charge >= 0.3 is 11.8 Å². The molecule has 2 rings (SSSR count). The van der Waals surface area contributed by atoms with E-state index in [4.69, 9.17) is 16.3 Å². The minimum atomic E-state index is -0.963. The van der Waals surface area contributed by atoms with Gasteiger partial charge < -0.3 is 10.1 Å². The smallest absolute Gasteiger partial charge is 0.329 e. The van der Waals surface area contributed by atoms with Gasteiger partial charge in [-0.2, -0.15) is 5.10 Å². The molecule has 124 valence electrons. The zero-order valence-electron chi connectivity index (χ0n) is 12.5. The van der Waals surface area contributed by atoms with Crippen molar-refractivity contribution < 1.29 is 18.7 Å². The zero-order chi connectivity index (χ0) is 17.5. The van der Waals surface area contributed by atoms with Gasteiger partial charge in [-0.1, -0.05) is 11.6 Å². The number of halogens is 2. The number of carbonyl (C=O) groups is 2. The van der Waals surface area contributed by atoms with Gasteiger partial charge in [-0.3, -0.25) is 9.59 Å². The first-order valence-electron chi connectivity index (χ1n) is 6.73. The summed E-state index contributed by atoms with van der Waals surface area (Å²) in [6, 6.07) is 9.92. The van der Waals surface area contributed by atoms with Crippen molar-refractivity contribution in [1.29, 1.82) is 0 Å². The van der Waals surface area contributed by atoms with E-state index in [1.165, 1.54) is 37.6 Å². The van der Waals surface area contributed by atoms with Gasteiger partial charge in [0.2, 0.25) is 0 Å². The van der Waals surface area contributed by atoms with Crippen LogP contribution in [0.3, 0.4) is 0 Å². The Bertz CT molecular complexity index is 779. The fourth-order valence-corrected chi connectivity index (χ4v) is 1.97. The van der Waals surface area contributed by atoms with E-state index in [9.17, 15) is 14.0 Å². The number of methoxy groups -OCH3 is 1. The maximum absolute atomic E-state index is 12.8. The topological polar surface area (TPSA) is 79.8 Å². The Labute approximate surface area is 142 Å². The van der Waals surface area contributed by atoms with Crippen LogP contribution in [-0.4, -0.2) is 25.1 Å². The molecule has 0 aliphatic rings. The molecule has 0 unspecified atom stereocenters. The monoisotopic (exact) mass is 349 g/mol. The first kappa shape index (κ1) is 17.4. The van der Waals surface area contributed by atoms with Crippen LogP contribution in [0.1, 0.15) is 5.56 Å². The van der Waals surface area contributed by atoms with Gasteiger partial charge in [0.05, 0.1) is 18.3 Å². The second-order valence-electron chi connectivity index (χ2n) is 4.55. The largest absolute Gasteiger partial charge is 0.495 e. The molecule has 8 heteroatoms. The Morgan fingerprint density at radius 2 is 1.88 bits per heavy atom. The van der Waals surface area contributed by atoms with E-state index < -0.39 is 17.6 Å². The van der Waals surface area contributed by atoms with Crippen molar-refractivity contribution in [2.24, 2.45) is 5.10 Å². The van der Waals surface area contributed by atoms with E-state index >= 15 is 0 Å². The van der Waals surface area contributed by atoms with Crippen molar-refractivity contribution in [3.8, 4) is 5.75 Å². The lowest BCUT2D eigenvalue weighted by Crippen LogP contribution is -2.32. The Hall–Kier alpha value is -2.93. The van der Waals surface area contributed by atoms with Gasteiger partial charge in [0.15, 0.2) is 0 Å². The van der Waals surface area contributed by atoms with Gasteiger partial charge in [-0.25, -0.2) is 9.82 Å². The van der Waals surface area contributed by atoms with Gasteiger partial charge in [-0.15, -0.1) is 0 Å². The number of benzene rings is 2. The molecule has 2 N–H and O–H groups in total. The van der Waals surface area contributed by atoms with Crippen LogP contribution in [0.2, 0.25) is 5.02 Å². The highest BCUT2D eigenvalue weighted by atomic mass is 35.5. The Morgan fingerprint density at radius 3 is 2.50 bits per heavy atom. The predicted molar refractivity (Wildman–Crippen MR) is 88.8 cm³/mol. The number of nitrogens with zero attached hydrogens (tertiary/aromatic N) is 1. The van der Waals surface area contributed by atoms with Crippen molar-refractivity contribution in [3.63, 3.8) is 0 Å². The van der Waals surface area contributed by atoms with Crippen LogP contribution in [-0.2, 0) is 9.59 Å². The molecule has 0 atom stereocenters. The third kappa shape index (κ3) is 4.79. The van der Waals surface area contributed by atoms with Crippen molar-refractivity contribution >= 4 is 35.3 Å². The number of amides is 2. The van der Waals surface area contributed by atoms with Crippen LogP contribution in [0.4, 0.5) is 10.1 Å². The summed E-state index contributed by atoms with van der Waals surface area (Å²) in [6.07, 6.45) is 1.33. The number of nitrogens with one attached hydrogen (secondary N) is 2. The first-order valence-corrected chi connectivity index (χ1v) is 7.11. The van der Waals surface area contributed by atoms with E-state index in [1.807, 2.05) is 0 Å². The van der Waals surface area contributed by atoms with Crippen LogP contribution in [0.5, 0.6) is 5.75 Å². The Morgan fingerprint density at radius 1 is 1.17 bits per heavy atom. The van der Waals surface area contributed by atoms with E-state index in [0.29, 0.717) is 22.0 Å². The van der Waals surface area contributed by atoms with Crippen LogP contribution >= 0.6 is 11.6 Å². The predicted octanol–water partition coefficient (Wildman–Crippen LogP) is 2.58. The number of hydrogen-bond acceptors (Lipinski definition) is 4. The second-order valence-corrected chi connectivity index (χ2v) is 4.96. The van der Waals surface area contributed by atoms with Crippen LogP contribution in [0.15, 0.2) is 47.6 Å². The van der Waals surface area contributed by atoms with Crippen LogP contribution in [0.25, 0.3) is 0 Å². The van der Waals surface area contributed by atoms with E-state index in [1.54, 1.807) is 18.2 Å². The molecule has 2 amide bonds. The maximum atomic E-state index is 12.8. The molecule has 0 aliphatic carbocycles.